The van der Waals surface area contributed by atoms with Crippen LogP contribution in [0.4, 0.5) is 5.69 Å². The molecule has 2 aromatic rings. The van der Waals surface area contributed by atoms with E-state index < -0.39 is 0 Å². The molecule has 5 heteroatoms. The first-order chi connectivity index (χ1) is 9.42. The van der Waals surface area contributed by atoms with E-state index in [4.69, 9.17) is 5.73 Å². The third kappa shape index (κ3) is 3.05. The zero-order valence-corrected chi connectivity index (χ0v) is 12.1. The molecule has 1 amide bonds. The molecule has 5 nitrogen and oxygen atoms in total. The summed E-state index contributed by atoms with van der Waals surface area (Å²) in [6.45, 7) is 4.76. The van der Waals surface area contributed by atoms with Gasteiger partial charge in [-0.1, -0.05) is 26.0 Å². The maximum Gasteiger partial charge on any atom is 0.276 e. The number of nitrogens with one attached hydrogen (secondary N) is 1. The van der Waals surface area contributed by atoms with Gasteiger partial charge in [-0.2, -0.15) is 5.10 Å². The highest BCUT2D eigenvalue weighted by Crippen LogP contribution is 2.23. The predicted octanol–water partition coefficient (Wildman–Crippen LogP) is 1.91. The molecule has 0 unspecified atom stereocenters. The number of hydrogen-bond donors (Lipinski definition) is 2. The second-order valence-electron chi connectivity index (χ2n) is 5.49. The van der Waals surface area contributed by atoms with Gasteiger partial charge in [0.25, 0.3) is 5.91 Å². The molecule has 0 atom stereocenters. The van der Waals surface area contributed by atoms with Crippen LogP contribution in [0.2, 0.25) is 0 Å². The maximum atomic E-state index is 12.0. The van der Waals surface area contributed by atoms with E-state index in [9.17, 15) is 4.79 Å². The highest BCUT2D eigenvalue weighted by atomic mass is 16.1. The summed E-state index contributed by atoms with van der Waals surface area (Å²) in [6.07, 6.45) is 1.74. The topological polar surface area (TPSA) is 72.9 Å². The Kier molecular flexibility index (Phi) is 3.90. The Hall–Kier alpha value is -2.14. The van der Waals surface area contributed by atoms with Crippen molar-refractivity contribution in [3.63, 3.8) is 0 Å². The Morgan fingerprint density at radius 1 is 1.30 bits per heavy atom. The number of anilines is 1. The van der Waals surface area contributed by atoms with E-state index >= 15 is 0 Å². The van der Waals surface area contributed by atoms with Gasteiger partial charge in [-0.05, 0) is 23.8 Å². The number of benzene rings is 1. The lowest BCUT2D eigenvalue weighted by Crippen LogP contribution is -2.28. The Morgan fingerprint density at radius 3 is 2.45 bits per heavy atom. The fourth-order valence-corrected chi connectivity index (χ4v) is 1.85. The molecule has 0 radical (unpaired) electrons. The third-order valence-corrected chi connectivity index (χ3v) is 3.38. The van der Waals surface area contributed by atoms with Gasteiger partial charge in [0.1, 0.15) is 0 Å². The SMILES string of the molecule is Cn1ccc(C(=O)Nc2ccc(C(C)(C)CN)cc2)n1. The summed E-state index contributed by atoms with van der Waals surface area (Å²) in [5.41, 5.74) is 7.99. The highest BCUT2D eigenvalue weighted by Gasteiger charge is 2.18. The van der Waals surface area contributed by atoms with Gasteiger partial charge in [-0.25, -0.2) is 0 Å². The van der Waals surface area contributed by atoms with Crippen molar-refractivity contribution in [2.45, 2.75) is 19.3 Å². The van der Waals surface area contributed by atoms with Crippen molar-refractivity contribution in [2.75, 3.05) is 11.9 Å². The van der Waals surface area contributed by atoms with Gasteiger partial charge in [0, 0.05) is 30.9 Å². The summed E-state index contributed by atoms with van der Waals surface area (Å²) < 4.78 is 1.60. The van der Waals surface area contributed by atoms with Gasteiger partial charge in [0.15, 0.2) is 5.69 Å². The highest BCUT2D eigenvalue weighted by molar-refractivity contribution is 6.02. The van der Waals surface area contributed by atoms with E-state index in [1.165, 1.54) is 0 Å². The average molecular weight is 272 g/mol. The molecule has 0 spiro atoms. The quantitative estimate of drug-likeness (QED) is 0.893. The van der Waals surface area contributed by atoms with Crippen LogP contribution < -0.4 is 11.1 Å². The Morgan fingerprint density at radius 2 is 1.95 bits per heavy atom. The van der Waals surface area contributed by atoms with Crippen LogP contribution in [0.15, 0.2) is 36.5 Å². The van der Waals surface area contributed by atoms with Gasteiger partial charge in [-0.3, -0.25) is 9.48 Å². The average Bonchev–Trinajstić information content (AvgIpc) is 2.86. The Balaban J connectivity index is 2.10. The van der Waals surface area contributed by atoms with Crippen molar-refractivity contribution >= 4 is 11.6 Å². The fourth-order valence-electron chi connectivity index (χ4n) is 1.85. The number of carbonyl (C=O) groups is 1. The second-order valence-corrected chi connectivity index (χ2v) is 5.49. The van der Waals surface area contributed by atoms with E-state index in [0.29, 0.717) is 12.2 Å². The normalized spacial score (nSPS) is 11.4. The van der Waals surface area contributed by atoms with Crippen LogP contribution in [0.5, 0.6) is 0 Å². The third-order valence-electron chi connectivity index (χ3n) is 3.38. The maximum absolute atomic E-state index is 12.0. The molecule has 2 rings (SSSR count). The van der Waals surface area contributed by atoms with Crippen molar-refractivity contribution in [3.05, 3.63) is 47.8 Å². The van der Waals surface area contributed by atoms with Crippen LogP contribution in [-0.2, 0) is 12.5 Å². The number of rotatable bonds is 4. The van der Waals surface area contributed by atoms with E-state index in [1.807, 2.05) is 24.3 Å². The number of aryl methyl sites for hydroxylation is 1. The summed E-state index contributed by atoms with van der Waals surface area (Å²) in [6, 6.07) is 9.42. The van der Waals surface area contributed by atoms with E-state index in [-0.39, 0.29) is 11.3 Å². The van der Waals surface area contributed by atoms with Gasteiger partial charge in [0.2, 0.25) is 0 Å². The molecule has 106 valence electrons. The molecule has 0 aliphatic heterocycles. The smallest absolute Gasteiger partial charge is 0.276 e. The first kappa shape index (κ1) is 14.3. The molecule has 0 fully saturated rings. The van der Waals surface area contributed by atoms with Crippen molar-refractivity contribution < 1.29 is 4.79 Å². The van der Waals surface area contributed by atoms with Crippen LogP contribution in [0.3, 0.4) is 0 Å². The lowest BCUT2D eigenvalue weighted by Gasteiger charge is -2.23. The monoisotopic (exact) mass is 272 g/mol. The van der Waals surface area contributed by atoms with Crippen molar-refractivity contribution in [1.82, 2.24) is 9.78 Å². The number of amides is 1. The standard InChI is InChI=1S/C15H20N4O/c1-15(2,10-16)11-4-6-12(7-5-11)17-14(20)13-8-9-19(3)18-13/h4-9H,10,16H2,1-3H3,(H,17,20). The van der Waals surface area contributed by atoms with Crippen molar-refractivity contribution in [3.8, 4) is 0 Å². The van der Waals surface area contributed by atoms with Gasteiger partial charge in [-0.15, -0.1) is 0 Å². The molecule has 0 saturated carbocycles. The van der Waals surface area contributed by atoms with Crippen LogP contribution in [0, 0.1) is 0 Å². The molecule has 0 aliphatic rings. The van der Waals surface area contributed by atoms with Crippen LogP contribution in [0.1, 0.15) is 29.9 Å². The summed E-state index contributed by atoms with van der Waals surface area (Å²) in [5.74, 6) is -0.212. The molecular weight excluding hydrogens is 252 g/mol. The first-order valence-electron chi connectivity index (χ1n) is 6.54. The summed E-state index contributed by atoms with van der Waals surface area (Å²) >= 11 is 0. The molecule has 0 aliphatic carbocycles. The zero-order chi connectivity index (χ0) is 14.8. The number of aromatic nitrogens is 2. The minimum Gasteiger partial charge on any atom is -0.330 e. The molecular formula is C15H20N4O. The minimum atomic E-state index is -0.212. The van der Waals surface area contributed by atoms with Gasteiger partial charge in [0.05, 0.1) is 0 Å². The molecule has 1 heterocycles. The van der Waals surface area contributed by atoms with Gasteiger partial charge >= 0.3 is 0 Å². The number of nitrogens with zero attached hydrogens (tertiary/aromatic N) is 2. The van der Waals surface area contributed by atoms with Crippen LogP contribution in [-0.4, -0.2) is 22.2 Å². The largest absolute Gasteiger partial charge is 0.330 e. The summed E-state index contributed by atoms with van der Waals surface area (Å²) in [4.78, 5) is 12.0. The Bertz CT molecular complexity index is 599. The second kappa shape index (κ2) is 5.46. The van der Waals surface area contributed by atoms with E-state index in [1.54, 1.807) is 24.0 Å². The lowest BCUT2D eigenvalue weighted by molar-refractivity contribution is 0.102. The van der Waals surface area contributed by atoms with Crippen molar-refractivity contribution in [2.24, 2.45) is 12.8 Å². The Labute approximate surface area is 118 Å². The molecule has 1 aromatic heterocycles. The molecule has 1 aromatic carbocycles. The number of nitrogens with two attached hydrogens (primary N) is 1. The molecule has 0 saturated heterocycles. The summed E-state index contributed by atoms with van der Waals surface area (Å²) in [7, 11) is 1.78. The van der Waals surface area contributed by atoms with Crippen molar-refractivity contribution in [1.29, 1.82) is 0 Å². The molecule has 20 heavy (non-hydrogen) atoms. The van der Waals surface area contributed by atoms with Crippen LogP contribution >= 0.6 is 0 Å². The van der Waals surface area contributed by atoms with E-state index in [2.05, 4.69) is 24.3 Å². The number of carbonyl (C=O) groups excluding carboxylic acids is 1. The lowest BCUT2D eigenvalue weighted by atomic mass is 9.85. The molecule has 3 N–H and O–H groups in total. The first-order valence-corrected chi connectivity index (χ1v) is 6.54. The number of hydrogen-bond acceptors (Lipinski definition) is 3. The van der Waals surface area contributed by atoms with E-state index in [0.717, 1.165) is 11.3 Å². The van der Waals surface area contributed by atoms with Crippen LogP contribution in [0.25, 0.3) is 0 Å². The molecule has 0 bridgehead atoms. The predicted molar refractivity (Wildman–Crippen MR) is 79.7 cm³/mol. The summed E-state index contributed by atoms with van der Waals surface area (Å²) in [5, 5.41) is 6.89. The zero-order valence-electron chi connectivity index (χ0n) is 12.1. The minimum absolute atomic E-state index is 0.0659. The fraction of sp³-hybridized carbons (Fsp3) is 0.333. The van der Waals surface area contributed by atoms with Gasteiger partial charge < -0.3 is 11.1 Å².